The number of rotatable bonds is 7. The summed E-state index contributed by atoms with van der Waals surface area (Å²) in [5.41, 5.74) is 4.99. The molecule has 1 aliphatic heterocycles. The monoisotopic (exact) mass is 300 g/mol. The van der Waals surface area contributed by atoms with Crippen molar-refractivity contribution in [3.05, 3.63) is 0 Å². The van der Waals surface area contributed by atoms with Crippen LogP contribution in [-0.4, -0.2) is 59.6 Å². The number of carbonyl (C=O) groups excluding carboxylic acids is 2. The molecule has 0 aliphatic carbocycles. The number of piperidine rings is 1. The maximum Gasteiger partial charge on any atom is 0.326 e. The molecule has 0 aromatic heterocycles. The van der Waals surface area contributed by atoms with E-state index < -0.39 is 23.9 Å². The van der Waals surface area contributed by atoms with Gasteiger partial charge in [0.25, 0.3) is 0 Å². The molecule has 5 N–H and O–H groups in total. The van der Waals surface area contributed by atoms with E-state index in [0.717, 1.165) is 32.5 Å². The van der Waals surface area contributed by atoms with Crippen molar-refractivity contribution in [3.63, 3.8) is 0 Å². The van der Waals surface area contributed by atoms with Crippen LogP contribution in [0, 0.1) is 0 Å². The van der Waals surface area contributed by atoms with Crippen molar-refractivity contribution in [1.82, 2.24) is 15.5 Å². The van der Waals surface area contributed by atoms with Gasteiger partial charge in [0.2, 0.25) is 5.91 Å². The number of likely N-dealkylation sites (tertiary alicyclic amines) is 1. The van der Waals surface area contributed by atoms with E-state index in [9.17, 15) is 14.4 Å². The number of hydrogen-bond donors (Lipinski definition) is 4. The van der Waals surface area contributed by atoms with Gasteiger partial charge in [-0.1, -0.05) is 6.92 Å². The SMILES string of the molecule is CCN1CCCC(NC(=O)N[C@H](CCC(N)=O)C(=O)O)C1. The van der Waals surface area contributed by atoms with Crippen LogP contribution < -0.4 is 16.4 Å². The molecule has 1 rings (SSSR count). The summed E-state index contributed by atoms with van der Waals surface area (Å²) in [5, 5.41) is 14.2. The fourth-order valence-corrected chi connectivity index (χ4v) is 2.39. The van der Waals surface area contributed by atoms with Crippen LogP contribution in [0.3, 0.4) is 0 Å². The van der Waals surface area contributed by atoms with Gasteiger partial charge in [-0.2, -0.15) is 0 Å². The molecule has 0 saturated carbocycles. The van der Waals surface area contributed by atoms with Crippen molar-refractivity contribution in [3.8, 4) is 0 Å². The number of likely N-dealkylation sites (N-methyl/N-ethyl adjacent to an activating group) is 1. The van der Waals surface area contributed by atoms with Gasteiger partial charge < -0.3 is 26.4 Å². The number of hydrogen-bond acceptors (Lipinski definition) is 4. The third kappa shape index (κ3) is 6.44. The number of amides is 3. The number of carboxylic acid groups (broad SMARTS) is 1. The molecular weight excluding hydrogens is 276 g/mol. The maximum atomic E-state index is 11.8. The first-order valence-corrected chi connectivity index (χ1v) is 7.22. The van der Waals surface area contributed by atoms with Crippen LogP contribution in [0.2, 0.25) is 0 Å². The van der Waals surface area contributed by atoms with Crippen LogP contribution in [0.5, 0.6) is 0 Å². The fraction of sp³-hybridized carbons (Fsp3) is 0.769. The number of nitrogens with two attached hydrogens (primary N) is 1. The van der Waals surface area contributed by atoms with Gasteiger partial charge in [0.1, 0.15) is 6.04 Å². The van der Waals surface area contributed by atoms with E-state index in [4.69, 9.17) is 10.8 Å². The molecule has 21 heavy (non-hydrogen) atoms. The molecule has 8 nitrogen and oxygen atoms in total. The lowest BCUT2D eigenvalue weighted by Gasteiger charge is -2.32. The molecule has 1 heterocycles. The molecule has 1 aliphatic rings. The number of nitrogens with zero attached hydrogens (tertiary/aromatic N) is 1. The Bertz CT molecular complexity index is 388. The van der Waals surface area contributed by atoms with E-state index in [0.29, 0.717) is 0 Å². The normalized spacial score (nSPS) is 20.5. The summed E-state index contributed by atoms with van der Waals surface area (Å²) in [6.07, 6.45) is 1.79. The zero-order valence-electron chi connectivity index (χ0n) is 12.3. The third-order valence-electron chi connectivity index (χ3n) is 3.57. The van der Waals surface area contributed by atoms with Gasteiger partial charge in [-0.15, -0.1) is 0 Å². The summed E-state index contributed by atoms with van der Waals surface area (Å²) >= 11 is 0. The predicted molar refractivity (Wildman–Crippen MR) is 76.7 cm³/mol. The standard InChI is InChI=1S/C13H24N4O4/c1-2-17-7-3-4-9(8-17)15-13(21)16-10(12(19)20)5-6-11(14)18/h9-10H,2-8H2,1H3,(H2,14,18)(H,19,20)(H2,15,16,21)/t9?,10-/m1/s1. The molecule has 8 heteroatoms. The molecule has 0 aromatic carbocycles. The van der Waals surface area contributed by atoms with E-state index in [1.165, 1.54) is 0 Å². The van der Waals surface area contributed by atoms with Gasteiger partial charge in [0.15, 0.2) is 0 Å². The summed E-state index contributed by atoms with van der Waals surface area (Å²) in [6, 6.07) is -1.61. The van der Waals surface area contributed by atoms with E-state index in [2.05, 4.69) is 22.5 Å². The number of carbonyl (C=O) groups is 3. The van der Waals surface area contributed by atoms with Crippen LogP contribution in [0.25, 0.3) is 0 Å². The molecule has 0 bridgehead atoms. The summed E-state index contributed by atoms with van der Waals surface area (Å²) < 4.78 is 0. The van der Waals surface area contributed by atoms with Crippen molar-refractivity contribution < 1.29 is 19.5 Å². The Balaban J connectivity index is 2.42. The number of aliphatic carboxylic acids is 1. The topological polar surface area (TPSA) is 125 Å². The molecule has 1 unspecified atom stereocenters. The first-order valence-electron chi connectivity index (χ1n) is 7.22. The average Bonchev–Trinajstić information content (AvgIpc) is 2.43. The first kappa shape index (κ1) is 17.2. The van der Waals surface area contributed by atoms with Crippen molar-refractivity contribution in [2.75, 3.05) is 19.6 Å². The van der Waals surface area contributed by atoms with Gasteiger partial charge in [0.05, 0.1) is 0 Å². The smallest absolute Gasteiger partial charge is 0.326 e. The Hall–Kier alpha value is -1.83. The minimum Gasteiger partial charge on any atom is -0.480 e. The number of urea groups is 1. The van der Waals surface area contributed by atoms with Crippen LogP contribution in [0.15, 0.2) is 0 Å². The second-order valence-corrected chi connectivity index (χ2v) is 5.25. The molecule has 120 valence electrons. The van der Waals surface area contributed by atoms with Crippen molar-refractivity contribution in [2.45, 2.75) is 44.7 Å². The van der Waals surface area contributed by atoms with Crippen molar-refractivity contribution in [2.24, 2.45) is 5.73 Å². The second kappa shape index (κ2) is 8.46. The van der Waals surface area contributed by atoms with Gasteiger partial charge >= 0.3 is 12.0 Å². The Morgan fingerprint density at radius 1 is 1.43 bits per heavy atom. The summed E-state index contributed by atoms with van der Waals surface area (Å²) in [4.78, 5) is 35.8. The lowest BCUT2D eigenvalue weighted by molar-refractivity contribution is -0.139. The molecular formula is C13H24N4O4. The van der Waals surface area contributed by atoms with E-state index >= 15 is 0 Å². The minimum atomic E-state index is -1.18. The largest absolute Gasteiger partial charge is 0.480 e. The minimum absolute atomic E-state index is 0.0101. The zero-order chi connectivity index (χ0) is 15.8. The van der Waals surface area contributed by atoms with Crippen LogP contribution in [0.4, 0.5) is 4.79 Å². The fourth-order valence-electron chi connectivity index (χ4n) is 2.39. The molecule has 0 radical (unpaired) electrons. The quantitative estimate of drug-likeness (QED) is 0.504. The Labute approximate surface area is 124 Å². The van der Waals surface area contributed by atoms with Gasteiger partial charge in [-0.25, -0.2) is 9.59 Å². The second-order valence-electron chi connectivity index (χ2n) is 5.25. The van der Waals surface area contributed by atoms with Crippen LogP contribution in [0.1, 0.15) is 32.6 Å². The maximum absolute atomic E-state index is 11.8. The number of nitrogens with one attached hydrogen (secondary N) is 2. The molecule has 0 spiro atoms. The highest BCUT2D eigenvalue weighted by molar-refractivity contribution is 5.83. The summed E-state index contributed by atoms with van der Waals surface area (Å²) in [6.45, 7) is 4.78. The van der Waals surface area contributed by atoms with Crippen molar-refractivity contribution >= 4 is 17.9 Å². The third-order valence-corrected chi connectivity index (χ3v) is 3.57. The lowest BCUT2D eigenvalue weighted by atomic mass is 10.1. The van der Waals surface area contributed by atoms with E-state index in [1.54, 1.807) is 0 Å². The highest BCUT2D eigenvalue weighted by Crippen LogP contribution is 2.09. The number of primary amides is 1. The molecule has 1 fully saturated rings. The van der Waals surface area contributed by atoms with Gasteiger partial charge in [0, 0.05) is 19.0 Å². The predicted octanol–water partition coefficient (Wildman–Crippen LogP) is -0.511. The molecule has 1 saturated heterocycles. The molecule has 0 aromatic rings. The van der Waals surface area contributed by atoms with Crippen molar-refractivity contribution in [1.29, 1.82) is 0 Å². The molecule has 2 atom stereocenters. The Morgan fingerprint density at radius 2 is 2.14 bits per heavy atom. The molecule has 3 amide bonds. The highest BCUT2D eigenvalue weighted by Gasteiger charge is 2.24. The van der Waals surface area contributed by atoms with E-state index in [1.807, 2.05) is 0 Å². The Kier molecular flexibility index (Phi) is 6.93. The van der Waals surface area contributed by atoms with Crippen LogP contribution in [-0.2, 0) is 9.59 Å². The van der Waals surface area contributed by atoms with Gasteiger partial charge in [-0.05, 0) is 32.4 Å². The highest BCUT2D eigenvalue weighted by atomic mass is 16.4. The van der Waals surface area contributed by atoms with E-state index in [-0.39, 0.29) is 18.9 Å². The average molecular weight is 300 g/mol. The van der Waals surface area contributed by atoms with Crippen LogP contribution >= 0.6 is 0 Å². The lowest BCUT2D eigenvalue weighted by Crippen LogP contribution is -2.53. The number of carboxylic acids is 1. The first-order chi connectivity index (χ1) is 9.92. The Morgan fingerprint density at radius 3 is 2.71 bits per heavy atom. The summed E-state index contributed by atoms with van der Waals surface area (Å²) in [7, 11) is 0. The summed E-state index contributed by atoms with van der Waals surface area (Å²) in [5.74, 6) is -1.76. The van der Waals surface area contributed by atoms with Gasteiger partial charge in [-0.3, -0.25) is 4.79 Å². The zero-order valence-corrected chi connectivity index (χ0v) is 12.3.